The fourth-order valence-electron chi connectivity index (χ4n) is 3.44. The summed E-state index contributed by atoms with van der Waals surface area (Å²) >= 11 is 0. The number of hydrogen-bond donors (Lipinski definition) is 1. The van der Waals surface area contributed by atoms with Crippen LogP contribution in [0.25, 0.3) is 0 Å². The molecule has 0 aromatic heterocycles. The highest BCUT2D eigenvalue weighted by Crippen LogP contribution is 2.35. The molecular weight excluding hydrogens is 332 g/mol. The molecule has 0 radical (unpaired) electrons. The molecule has 0 spiro atoms. The van der Waals surface area contributed by atoms with Crippen molar-refractivity contribution in [1.29, 1.82) is 0 Å². The first-order valence-electron chi connectivity index (χ1n) is 9.71. The highest BCUT2D eigenvalue weighted by molar-refractivity contribution is 6.00. The Labute approximate surface area is 163 Å². The molecule has 3 heteroatoms. The minimum Gasteiger partial charge on any atom is -0.329 e. The standard InChI is InChI=1S/C24H30N2O/c1-15-7-8-16(2)22(11-15)25-19-10-9-18(13-19)21-14-20(12-17(21)3)26-23(27)24(4,5)6/h7-8,11-13H,9-10,14H2,1-6H3,(H,26,27). The smallest absolute Gasteiger partial charge is 0.229 e. The Hall–Kier alpha value is -2.42. The van der Waals surface area contributed by atoms with Crippen LogP contribution < -0.4 is 5.32 Å². The average Bonchev–Trinajstić information content (AvgIpc) is 3.16. The number of rotatable bonds is 3. The Bertz CT molecular complexity index is 905. The second-order valence-electron chi connectivity index (χ2n) is 8.77. The van der Waals surface area contributed by atoms with Crippen LogP contribution in [0.15, 0.2) is 57.8 Å². The van der Waals surface area contributed by atoms with Gasteiger partial charge in [-0.05, 0) is 79.7 Å². The molecule has 2 aliphatic carbocycles. The molecule has 1 aromatic carbocycles. The molecule has 0 saturated carbocycles. The zero-order chi connectivity index (χ0) is 19.8. The van der Waals surface area contributed by atoms with Gasteiger partial charge in [0.1, 0.15) is 0 Å². The number of carbonyl (C=O) groups excluding carboxylic acids is 1. The summed E-state index contributed by atoms with van der Waals surface area (Å²) in [5.74, 6) is 0.0698. The summed E-state index contributed by atoms with van der Waals surface area (Å²) in [7, 11) is 0. The van der Waals surface area contributed by atoms with E-state index in [0.717, 1.165) is 36.4 Å². The Kier molecular flexibility index (Phi) is 5.23. The van der Waals surface area contributed by atoms with Gasteiger partial charge in [-0.15, -0.1) is 0 Å². The van der Waals surface area contributed by atoms with Crippen molar-refractivity contribution in [2.45, 2.75) is 60.8 Å². The molecule has 1 amide bonds. The number of carbonyl (C=O) groups is 1. The quantitative estimate of drug-likeness (QED) is 0.718. The van der Waals surface area contributed by atoms with Crippen LogP contribution in [0.4, 0.5) is 5.69 Å². The molecule has 0 fully saturated rings. The summed E-state index contributed by atoms with van der Waals surface area (Å²) in [5.41, 5.74) is 9.22. The van der Waals surface area contributed by atoms with Crippen LogP contribution in [0.1, 0.15) is 58.1 Å². The van der Waals surface area contributed by atoms with Crippen LogP contribution in [0.5, 0.6) is 0 Å². The zero-order valence-electron chi connectivity index (χ0n) is 17.4. The van der Waals surface area contributed by atoms with E-state index in [1.165, 1.54) is 27.8 Å². The van der Waals surface area contributed by atoms with E-state index >= 15 is 0 Å². The number of allylic oxidation sites excluding steroid dienone is 5. The highest BCUT2D eigenvalue weighted by atomic mass is 16.2. The maximum absolute atomic E-state index is 12.3. The zero-order valence-corrected chi connectivity index (χ0v) is 17.4. The monoisotopic (exact) mass is 362 g/mol. The average molecular weight is 363 g/mol. The van der Waals surface area contributed by atoms with Gasteiger partial charge in [0.05, 0.1) is 5.69 Å². The number of nitrogens with zero attached hydrogens (tertiary/aromatic N) is 1. The molecule has 1 N–H and O–H groups in total. The third-order valence-corrected chi connectivity index (χ3v) is 5.20. The van der Waals surface area contributed by atoms with Gasteiger partial charge in [-0.1, -0.05) is 32.9 Å². The Morgan fingerprint density at radius 2 is 1.81 bits per heavy atom. The van der Waals surface area contributed by atoms with Crippen LogP contribution in [0, 0.1) is 19.3 Å². The first-order chi connectivity index (χ1) is 12.6. The lowest BCUT2D eigenvalue weighted by Gasteiger charge is -2.18. The van der Waals surface area contributed by atoms with Crippen LogP contribution in [0.2, 0.25) is 0 Å². The molecule has 3 rings (SSSR count). The number of nitrogens with one attached hydrogen (secondary N) is 1. The van der Waals surface area contributed by atoms with Gasteiger partial charge >= 0.3 is 0 Å². The van der Waals surface area contributed by atoms with Gasteiger partial charge in [-0.2, -0.15) is 0 Å². The molecule has 0 heterocycles. The Morgan fingerprint density at radius 1 is 1.07 bits per heavy atom. The van der Waals surface area contributed by atoms with Crippen LogP contribution in [0.3, 0.4) is 0 Å². The van der Waals surface area contributed by atoms with Gasteiger partial charge < -0.3 is 5.32 Å². The van der Waals surface area contributed by atoms with Crippen molar-refractivity contribution in [1.82, 2.24) is 5.32 Å². The molecular formula is C24H30N2O. The van der Waals surface area contributed by atoms with Crippen molar-refractivity contribution in [2.24, 2.45) is 10.4 Å². The molecule has 0 bridgehead atoms. The fourth-order valence-corrected chi connectivity index (χ4v) is 3.44. The molecule has 0 saturated heterocycles. The van der Waals surface area contributed by atoms with E-state index in [1.807, 2.05) is 20.8 Å². The first kappa shape index (κ1) is 19.3. The summed E-state index contributed by atoms with van der Waals surface area (Å²) in [6, 6.07) is 6.41. The van der Waals surface area contributed by atoms with Gasteiger partial charge in [0.15, 0.2) is 0 Å². The summed E-state index contributed by atoms with van der Waals surface area (Å²) in [5, 5.41) is 3.09. The lowest BCUT2D eigenvalue weighted by Crippen LogP contribution is -2.33. The molecule has 142 valence electrons. The fraction of sp³-hybridized carbons (Fsp3) is 0.417. The lowest BCUT2D eigenvalue weighted by atomic mass is 9.95. The number of benzene rings is 1. The predicted molar refractivity (Wildman–Crippen MR) is 113 cm³/mol. The second-order valence-corrected chi connectivity index (χ2v) is 8.77. The number of aliphatic imine (C=N–C) groups is 1. The molecule has 0 unspecified atom stereocenters. The van der Waals surface area contributed by atoms with Crippen molar-refractivity contribution in [3.8, 4) is 0 Å². The maximum Gasteiger partial charge on any atom is 0.229 e. The van der Waals surface area contributed by atoms with Crippen molar-refractivity contribution in [3.05, 3.63) is 63.9 Å². The topological polar surface area (TPSA) is 41.5 Å². The van der Waals surface area contributed by atoms with Crippen molar-refractivity contribution in [2.75, 3.05) is 0 Å². The third kappa shape index (κ3) is 4.47. The maximum atomic E-state index is 12.3. The van der Waals surface area contributed by atoms with Crippen molar-refractivity contribution < 1.29 is 4.79 Å². The van der Waals surface area contributed by atoms with E-state index in [-0.39, 0.29) is 11.3 Å². The number of amides is 1. The molecule has 3 nitrogen and oxygen atoms in total. The molecule has 0 aliphatic heterocycles. The summed E-state index contributed by atoms with van der Waals surface area (Å²) in [6.45, 7) is 12.2. The Morgan fingerprint density at radius 3 is 2.52 bits per heavy atom. The lowest BCUT2D eigenvalue weighted by molar-refractivity contribution is -0.127. The highest BCUT2D eigenvalue weighted by Gasteiger charge is 2.25. The SMILES string of the molecule is CC1=C(C2=CC(=Nc3cc(C)ccc3C)CC2)CC(NC(=O)C(C)(C)C)=C1. The van der Waals surface area contributed by atoms with E-state index in [4.69, 9.17) is 4.99 Å². The molecule has 2 aliphatic rings. The van der Waals surface area contributed by atoms with Crippen molar-refractivity contribution in [3.63, 3.8) is 0 Å². The van der Waals surface area contributed by atoms with E-state index < -0.39 is 0 Å². The first-order valence-corrected chi connectivity index (χ1v) is 9.71. The van der Waals surface area contributed by atoms with Gasteiger partial charge in [0.25, 0.3) is 0 Å². The van der Waals surface area contributed by atoms with E-state index in [9.17, 15) is 4.79 Å². The molecule has 27 heavy (non-hydrogen) atoms. The van der Waals surface area contributed by atoms with Gasteiger partial charge in [-0.3, -0.25) is 9.79 Å². The minimum absolute atomic E-state index is 0.0698. The van der Waals surface area contributed by atoms with Gasteiger partial charge in [0.2, 0.25) is 5.91 Å². The summed E-state index contributed by atoms with van der Waals surface area (Å²) in [6.07, 6.45) is 7.15. The Balaban J connectivity index is 1.74. The number of hydrogen-bond acceptors (Lipinski definition) is 2. The van der Waals surface area contributed by atoms with E-state index in [2.05, 4.69) is 56.4 Å². The minimum atomic E-state index is -0.379. The summed E-state index contributed by atoms with van der Waals surface area (Å²) in [4.78, 5) is 17.2. The number of aryl methyl sites for hydroxylation is 2. The van der Waals surface area contributed by atoms with Crippen LogP contribution >= 0.6 is 0 Å². The van der Waals surface area contributed by atoms with E-state index in [1.54, 1.807) is 0 Å². The van der Waals surface area contributed by atoms with Gasteiger partial charge in [0, 0.05) is 23.2 Å². The largest absolute Gasteiger partial charge is 0.329 e. The second kappa shape index (κ2) is 7.30. The van der Waals surface area contributed by atoms with E-state index in [0.29, 0.717) is 0 Å². The normalized spacial score (nSPS) is 18.8. The molecule has 0 atom stereocenters. The predicted octanol–water partition coefficient (Wildman–Crippen LogP) is 5.86. The third-order valence-electron chi connectivity index (χ3n) is 5.20. The van der Waals surface area contributed by atoms with Crippen LogP contribution in [-0.2, 0) is 4.79 Å². The van der Waals surface area contributed by atoms with Crippen molar-refractivity contribution >= 4 is 17.3 Å². The summed E-state index contributed by atoms with van der Waals surface area (Å²) < 4.78 is 0. The molecule has 1 aromatic rings. The van der Waals surface area contributed by atoms with Crippen LogP contribution in [-0.4, -0.2) is 11.6 Å². The van der Waals surface area contributed by atoms with Gasteiger partial charge in [-0.25, -0.2) is 0 Å².